The summed E-state index contributed by atoms with van der Waals surface area (Å²) in [5, 5.41) is 0.662. The Kier molecular flexibility index (Phi) is 4.97. The fraction of sp³-hybridized carbons (Fsp3) is 0.765. The molecular formula is C17H28O4Si. The van der Waals surface area contributed by atoms with E-state index in [0.717, 1.165) is 19.3 Å². The van der Waals surface area contributed by atoms with E-state index in [0.29, 0.717) is 18.0 Å². The SMILES string of the molecule is COC(=O)C1=CC2(CCCCCC2=O)O[Si]1(C(C)C)C(C)C. The lowest BCUT2D eigenvalue weighted by Crippen LogP contribution is -2.51. The van der Waals surface area contributed by atoms with Crippen LogP contribution >= 0.6 is 0 Å². The fourth-order valence-corrected chi connectivity index (χ4v) is 8.96. The van der Waals surface area contributed by atoms with Gasteiger partial charge in [-0.2, -0.15) is 0 Å². The molecule has 1 heterocycles. The Labute approximate surface area is 134 Å². The van der Waals surface area contributed by atoms with E-state index in [1.54, 1.807) is 0 Å². The Balaban J connectivity index is 2.56. The molecule has 4 nitrogen and oxygen atoms in total. The summed E-state index contributed by atoms with van der Waals surface area (Å²) in [6.07, 6.45) is 6.03. The summed E-state index contributed by atoms with van der Waals surface area (Å²) in [4.78, 5) is 25.1. The Morgan fingerprint density at radius 3 is 2.41 bits per heavy atom. The topological polar surface area (TPSA) is 52.6 Å². The van der Waals surface area contributed by atoms with Gasteiger partial charge in [-0.05, 0) is 36.4 Å². The average molecular weight is 324 g/mol. The molecule has 0 aromatic carbocycles. The second kappa shape index (κ2) is 6.28. The molecule has 0 aromatic heterocycles. The first-order valence-electron chi connectivity index (χ1n) is 8.35. The molecule has 1 unspecified atom stereocenters. The highest BCUT2D eigenvalue weighted by atomic mass is 28.4. The van der Waals surface area contributed by atoms with Gasteiger partial charge >= 0.3 is 5.97 Å². The summed E-state index contributed by atoms with van der Waals surface area (Å²) in [5.74, 6) is -0.176. The van der Waals surface area contributed by atoms with E-state index in [-0.39, 0.29) is 22.8 Å². The van der Waals surface area contributed by atoms with Crippen molar-refractivity contribution in [2.75, 3.05) is 7.11 Å². The number of hydrogen-bond acceptors (Lipinski definition) is 4. The molecule has 5 heteroatoms. The van der Waals surface area contributed by atoms with Gasteiger partial charge in [0, 0.05) is 6.42 Å². The van der Waals surface area contributed by atoms with Crippen LogP contribution in [0.3, 0.4) is 0 Å². The molecule has 1 aliphatic carbocycles. The van der Waals surface area contributed by atoms with Crippen LogP contribution in [0.1, 0.15) is 59.8 Å². The lowest BCUT2D eigenvalue weighted by molar-refractivity contribution is -0.135. The van der Waals surface area contributed by atoms with Crippen LogP contribution in [0.25, 0.3) is 0 Å². The molecule has 0 amide bonds. The monoisotopic (exact) mass is 324 g/mol. The van der Waals surface area contributed by atoms with Gasteiger partial charge in [0.1, 0.15) is 5.60 Å². The highest BCUT2D eigenvalue weighted by Gasteiger charge is 2.60. The molecule has 0 aromatic rings. The van der Waals surface area contributed by atoms with Gasteiger partial charge in [-0.3, -0.25) is 4.79 Å². The van der Waals surface area contributed by atoms with Crippen molar-refractivity contribution in [3.05, 3.63) is 11.3 Å². The minimum Gasteiger partial charge on any atom is -0.466 e. The van der Waals surface area contributed by atoms with Crippen molar-refractivity contribution < 1.29 is 18.8 Å². The normalized spacial score (nSPS) is 28.1. The van der Waals surface area contributed by atoms with E-state index >= 15 is 0 Å². The van der Waals surface area contributed by atoms with E-state index < -0.39 is 13.9 Å². The maximum absolute atomic E-state index is 12.7. The van der Waals surface area contributed by atoms with Gasteiger partial charge in [-0.1, -0.05) is 34.1 Å². The molecule has 1 fully saturated rings. The summed E-state index contributed by atoms with van der Waals surface area (Å²) in [6, 6.07) is 0. The molecule has 2 aliphatic rings. The van der Waals surface area contributed by atoms with E-state index in [9.17, 15) is 9.59 Å². The van der Waals surface area contributed by atoms with Crippen molar-refractivity contribution in [2.45, 2.75) is 76.5 Å². The third kappa shape index (κ3) is 2.58. The number of hydrogen-bond donors (Lipinski definition) is 0. The van der Waals surface area contributed by atoms with Crippen LogP contribution in [-0.2, 0) is 18.8 Å². The van der Waals surface area contributed by atoms with Crippen LogP contribution in [0, 0.1) is 0 Å². The third-order valence-corrected chi connectivity index (χ3v) is 10.5. The highest BCUT2D eigenvalue weighted by molar-refractivity contribution is 6.88. The third-order valence-electron chi connectivity index (χ3n) is 5.19. The summed E-state index contributed by atoms with van der Waals surface area (Å²) in [5.41, 5.74) is -0.442. The Morgan fingerprint density at radius 1 is 1.23 bits per heavy atom. The summed E-state index contributed by atoms with van der Waals surface area (Å²) < 4.78 is 11.7. The van der Waals surface area contributed by atoms with Gasteiger partial charge in [-0.15, -0.1) is 0 Å². The summed E-state index contributed by atoms with van der Waals surface area (Å²) in [7, 11) is -1.15. The van der Waals surface area contributed by atoms with Crippen LogP contribution in [0.15, 0.2) is 11.3 Å². The zero-order valence-electron chi connectivity index (χ0n) is 14.4. The predicted octanol–water partition coefficient (Wildman–Crippen LogP) is 3.69. The average Bonchev–Trinajstić information content (AvgIpc) is 2.74. The fourth-order valence-electron chi connectivity index (χ4n) is 4.05. The van der Waals surface area contributed by atoms with Crippen molar-refractivity contribution in [3.8, 4) is 0 Å². The Bertz CT molecular complexity index is 487. The van der Waals surface area contributed by atoms with Crippen molar-refractivity contribution in [1.29, 1.82) is 0 Å². The standard InChI is InChI=1S/C17H28O4Si/c1-12(2)22(13(3)4)14(16(19)20-5)11-17(21-22)10-8-6-7-9-15(17)18/h11-13H,6-10H2,1-5H3. The maximum atomic E-state index is 12.7. The number of Topliss-reactive ketones (excluding diaryl/α,β-unsaturated/α-hetero) is 1. The molecule has 124 valence electrons. The van der Waals surface area contributed by atoms with Crippen LogP contribution in [-0.4, -0.2) is 32.8 Å². The lowest BCUT2D eigenvalue weighted by Gasteiger charge is -2.39. The predicted molar refractivity (Wildman–Crippen MR) is 88.0 cm³/mol. The molecule has 0 saturated heterocycles. The largest absolute Gasteiger partial charge is 0.466 e. The van der Waals surface area contributed by atoms with Gasteiger partial charge in [0.15, 0.2) is 5.78 Å². The lowest BCUT2D eigenvalue weighted by atomic mass is 9.93. The first-order valence-corrected chi connectivity index (χ1v) is 10.4. The number of ether oxygens (including phenoxy) is 1. The minimum atomic E-state index is -2.56. The molecule has 22 heavy (non-hydrogen) atoms. The molecule has 0 radical (unpaired) electrons. The molecule has 0 bridgehead atoms. The Morgan fingerprint density at radius 2 is 1.86 bits per heavy atom. The number of methoxy groups -OCH3 is 1. The zero-order chi connectivity index (χ0) is 16.5. The maximum Gasteiger partial charge on any atom is 0.331 e. The highest BCUT2D eigenvalue weighted by Crippen LogP contribution is 2.50. The van der Waals surface area contributed by atoms with E-state index in [2.05, 4.69) is 27.7 Å². The molecule has 1 spiro atoms. The minimum absolute atomic E-state index is 0.141. The molecule has 2 rings (SSSR count). The molecule has 1 saturated carbocycles. The second-order valence-corrected chi connectivity index (χ2v) is 11.8. The number of rotatable bonds is 3. The number of carbonyl (C=O) groups is 2. The molecular weight excluding hydrogens is 296 g/mol. The first kappa shape index (κ1) is 17.4. The second-order valence-electron chi connectivity index (χ2n) is 7.13. The zero-order valence-corrected chi connectivity index (χ0v) is 15.4. The van der Waals surface area contributed by atoms with E-state index in [4.69, 9.17) is 9.16 Å². The first-order chi connectivity index (χ1) is 10.3. The van der Waals surface area contributed by atoms with E-state index in [1.165, 1.54) is 7.11 Å². The summed E-state index contributed by atoms with van der Waals surface area (Å²) >= 11 is 0. The summed E-state index contributed by atoms with van der Waals surface area (Å²) in [6.45, 7) is 8.40. The van der Waals surface area contributed by atoms with Gasteiger partial charge < -0.3 is 9.16 Å². The Hall–Kier alpha value is -0.943. The van der Waals surface area contributed by atoms with Gasteiger partial charge in [0.05, 0.1) is 12.3 Å². The van der Waals surface area contributed by atoms with Crippen molar-refractivity contribution in [3.63, 3.8) is 0 Å². The van der Waals surface area contributed by atoms with Gasteiger partial charge in [-0.25, -0.2) is 4.79 Å². The van der Waals surface area contributed by atoms with Crippen molar-refractivity contribution >= 4 is 20.1 Å². The smallest absolute Gasteiger partial charge is 0.331 e. The van der Waals surface area contributed by atoms with Crippen molar-refractivity contribution in [2.24, 2.45) is 0 Å². The number of carbonyl (C=O) groups excluding carboxylic acids is 2. The van der Waals surface area contributed by atoms with Crippen molar-refractivity contribution in [1.82, 2.24) is 0 Å². The van der Waals surface area contributed by atoms with Crippen LogP contribution in [0.5, 0.6) is 0 Å². The van der Waals surface area contributed by atoms with Crippen LogP contribution in [0.4, 0.5) is 0 Å². The molecule has 1 aliphatic heterocycles. The number of esters is 1. The molecule has 1 atom stereocenters. The quantitative estimate of drug-likeness (QED) is 0.587. The van der Waals surface area contributed by atoms with Crippen LogP contribution in [0.2, 0.25) is 11.1 Å². The van der Waals surface area contributed by atoms with Gasteiger partial charge in [0.25, 0.3) is 0 Å². The van der Waals surface area contributed by atoms with Crippen LogP contribution < -0.4 is 0 Å². The number of ketones is 1. The molecule has 0 N–H and O–H groups in total. The van der Waals surface area contributed by atoms with Gasteiger partial charge in [0.2, 0.25) is 8.32 Å². The van der Waals surface area contributed by atoms with E-state index in [1.807, 2.05) is 6.08 Å².